The predicted molar refractivity (Wildman–Crippen MR) is 77.4 cm³/mol. The van der Waals surface area contributed by atoms with Crippen molar-refractivity contribution in [2.45, 2.75) is 25.8 Å². The number of alkyl halides is 3. The molecule has 0 spiro atoms. The zero-order valence-electron chi connectivity index (χ0n) is 11.1. The van der Waals surface area contributed by atoms with Gasteiger partial charge in [-0.1, -0.05) is 35.6 Å². The molecule has 0 aliphatic heterocycles. The Balaban J connectivity index is 2.79. The average molecular weight is 366 g/mol. The molecule has 1 aromatic carbocycles. The first-order valence-corrected chi connectivity index (χ1v) is 10.2. The molecular weight excluding hydrogens is 354 g/mol. The maximum absolute atomic E-state index is 14.1. The molecule has 1 nitrogen and oxygen atoms in total. The van der Waals surface area contributed by atoms with Crippen LogP contribution in [-0.4, -0.2) is 13.1 Å². The fraction of sp³-hybridized carbons (Fsp3) is 0.308. The van der Waals surface area contributed by atoms with Gasteiger partial charge < -0.3 is 0 Å². The summed E-state index contributed by atoms with van der Waals surface area (Å²) >= 11 is 3.05. The Morgan fingerprint density at radius 2 is 1.70 bits per heavy atom. The second-order valence-corrected chi connectivity index (χ2v) is 11.5. The van der Waals surface area contributed by atoms with Crippen molar-refractivity contribution in [2.75, 3.05) is 0 Å². The molecule has 0 saturated heterocycles. The van der Waals surface area contributed by atoms with Crippen LogP contribution in [0.1, 0.15) is 5.69 Å². The molecular formula is C13H12BrF4NSi. The number of benzene rings is 1. The molecule has 0 atom stereocenters. The van der Waals surface area contributed by atoms with E-state index < -0.39 is 19.9 Å². The maximum Gasteiger partial charge on any atom is 0.433 e. The van der Waals surface area contributed by atoms with Crippen LogP contribution in [0.25, 0.3) is 10.9 Å². The van der Waals surface area contributed by atoms with Crippen LogP contribution in [0.15, 0.2) is 22.7 Å². The quantitative estimate of drug-likeness (QED) is 0.527. The van der Waals surface area contributed by atoms with Crippen molar-refractivity contribution in [2.24, 2.45) is 0 Å². The van der Waals surface area contributed by atoms with Crippen molar-refractivity contribution in [1.82, 2.24) is 4.98 Å². The van der Waals surface area contributed by atoms with Gasteiger partial charge in [-0.05, 0) is 23.4 Å². The van der Waals surface area contributed by atoms with Crippen molar-refractivity contribution in [3.05, 3.63) is 34.2 Å². The minimum absolute atomic E-state index is 0.158. The van der Waals surface area contributed by atoms with Gasteiger partial charge in [-0.15, -0.1) is 0 Å². The van der Waals surface area contributed by atoms with Crippen LogP contribution in [0.2, 0.25) is 19.6 Å². The van der Waals surface area contributed by atoms with Gasteiger partial charge in [-0.3, -0.25) is 0 Å². The van der Waals surface area contributed by atoms with E-state index in [0.29, 0.717) is 10.6 Å². The fourth-order valence-corrected chi connectivity index (χ4v) is 3.82. The average Bonchev–Trinajstić information content (AvgIpc) is 2.26. The normalized spacial score (nSPS) is 13.0. The first-order chi connectivity index (χ1) is 9.00. The van der Waals surface area contributed by atoms with Crippen LogP contribution < -0.4 is 5.19 Å². The molecule has 0 fully saturated rings. The number of aromatic nitrogens is 1. The van der Waals surface area contributed by atoms with Gasteiger partial charge in [0.25, 0.3) is 0 Å². The van der Waals surface area contributed by atoms with E-state index in [4.69, 9.17) is 0 Å². The molecule has 0 radical (unpaired) electrons. The van der Waals surface area contributed by atoms with E-state index >= 15 is 0 Å². The number of hydrogen-bond donors (Lipinski definition) is 0. The van der Waals surface area contributed by atoms with E-state index in [2.05, 4.69) is 20.9 Å². The first kappa shape index (κ1) is 15.4. The number of halogens is 5. The lowest BCUT2D eigenvalue weighted by molar-refractivity contribution is -0.141. The summed E-state index contributed by atoms with van der Waals surface area (Å²) in [6.45, 7) is 5.79. The minimum atomic E-state index is -4.52. The summed E-state index contributed by atoms with van der Waals surface area (Å²) in [7, 11) is -1.99. The van der Waals surface area contributed by atoms with Gasteiger partial charge in [0.05, 0.1) is 13.6 Å². The highest BCUT2D eigenvalue weighted by Gasteiger charge is 2.33. The number of rotatable bonds is 1. The van der Waals surface area contributed by atoms with Crippen LogP contribution in [0, 0.1) is 5.82 Å². The van der Waals surface area contributed by atoms with E-state index in [1.807, 2.05) is 19.6 Å². The molecule has 0 N–H and O–H groups in total. The predicted octanol–water partition coefficient (Wildman–Crippen LogP) is 4.70. The monoisotopic (exact) mass is 365 g/mol. The van der Waals surface area contributed by atoms with Gasteiger partial charge >= 0.3 is 6.18 Å². The number of fused-ring (bicyclic) bond motifs is 1. The number of nitrogens with zero attached hydrogens (tertiary/aromatic N) is 1. The Morgan fingerprint density at radius 1 is 1.10 bits per heavy atom. The Morgan fingerprint density at radius 3 is 2.20 bits per heavy atom. The lowest BCUT2D eigenvalue weighted by Crippen LogP contribution is -2.40. The van der Waals surface area contributed by atoms with Crippen molar-refractivity contribution >= 4 is 40.1 Å². The van der Waals surface area contributed by atoms with Crippen LogP contribution >= 0.6 is 15.9 Å². The van der Waals surface area contributed by atoms with Crippen LogP contribution in [0.3, 0.4) is 0 Å². The summed E-state index contributed by atoms with van der Waals surface area (Å²) in [5, 5.41) is 0.821. The standard InChI is InChI=1S/C13H12BrF4NSi/c1-20(2,3)11-6-10-7(4-9(11)15)8(14)5-12(19-10)13(16,17)18/h4-6H,1-3H3. The highest BCUT2D eigenvalue weighted by atomic mass is 79.9. The van der Waals surface area contributed by atoms with E-state index in [1.54, 1.807) is 0 Å². The van der Waals surface area contributed by atoms with Crippen molar-refractivity contribution in [3.8, 4) is 0 Å². The Bertz CT molecular complexity index is 677. The summed E-state index contributed by atoms with van der Waals surface area (Å²) < 4.78 is 52.6. The summed E-state index contributed by atoms with van der Waals surface area (Å²) in [5.74, 6) is -0.390. The Labute approximate surface area is 123 Å². The van der Waals surface area contributed by atoms with Crippen molar-refractivity contribution in [3.63, 3.8) is 0 Å². The SMILES string of the molecule is C[Si](C)(C)c1cc2nc(C(F)(F)F)cc(Br)c2cc1F. The zero-order chi connectivity index (χ0) is 15.3. The molecule has 0 aliphatic rings. The van der Waals surface area contributed by atoms with Gasteiger partial charge in [0, 0.05) is 9.86 Å². The Kier molecular flexibility index (Phi) is 3.71. The molecule has 0 bridgehead atoms. The molecule has 0 amide bonds. The van der Waals surface area contributed by atoms with Gasteiger partial charge in [-0.2, -0.15) is 13.2 Å². The number of hydrogen-bond acceptors (Lipinski definition) is 1. The van der Waals surface area contributed by atoms with E-state index in [-0.39, 0.29) is 15.8 Å². The summed E-state index contributed by atoms with van der Waals surface area (Å²) in [5.41, 5.74) is -0.824. The van der Waals surface area contributed by atoms with Crippen LogP contribution in [0.4, 0.5) is 17.6 Å². The molecule has 1 aromatic heterocycles. The summed E-state index contributed by atoms with van der Waals surface area (Å²) in [6.07, 6.45) is -4.52. The van der Waals surface area contributed by atoms with Gasteiger partial charge in [0.15, 0.2) is 0 Å². The largest absolute Gasteiger partial charge is 0.433 e. The molecule has 20 heavy (non-hydrogen) atoms. The minimum Gasteiger partial charge on any atom is -0.243 e. The first-order valence-electron chi connectivity index (χ1n) is 5.87. The summed E-state index contributed by atoms with van der Waals surface area (Å²) in [6, 6.07) is 3.56. The van der Waals surface area contributed by atoms with Gasteiger partial charge in [0.2, 0.25) is 0 Å². The molecule has 1 heterocycles. The third kappa shape index (κ3) is 2.88. The molecule has 0 aliphatic carbocycles. The van der Waals surface area contributed by atoms with E-state index in [9.17, 15) is 17.6 Å². The van der Waals surface area contributed by atoms with E-state index in [0.717, 1.165) is 6.07 Å². The molecule has 108 valence electrons. The topological polar surface area (TPSA) is 12.9 Å². The van der Waals surface area contributed by atoms with Gasteiger partial charge in [0.1, 0.15) is 11.5 Å². The fourth-order valence-electron chi connectivity index (χ4n) is 1.93. The van der Waals surface area contributed by atoms with E-state index in [1.165, 1.54) is 12.1 Å². The Hall–Kier alpha value is -0.953. The van der Waals surface area contributed by atoms with Crippen LogP contribution in [-0.2, 0) is 6.18 Å². The molecule has 0 unspecified atom stereocenters. The summed E-state index contributed by atoms with van der Waals surface area (Å²) in [4.78, 5) is 3.62. The lowest BCUT2D eigenvalue weighted by atomic mass is 10.2. The second kappa shape index (κ2) is 4.80. The maximum atomic E-state index is 14.1. The van der Waals surface area contributed by atoms with Gasteiger partial charge in [-0.25, -0.2) is 9.37 Å². The van der Waals surface area contributed by atoms with Crippen molar-refractivity contribution in [1.29, 1.82) is 0 Å². The third-order valence-electron chi connectivity index (χ3n) is 2.95. The highest BCUT2D eigenvalue weighted by molar-refractivity contribution is 9.10. The number of pyridine rings is 1. The molecule has 2 rings (SSSR count). The second-order valence-electron chi connectivity index (χ2n) is 5.59. The van der Waals surface area contributed by atoms with Crippen molar-refractivity contribution < 1.29 is 17.6 Å². The smallest absolute Gasteiger partial charge is 0.243 e. The zero-order valence-corrected chi connectivity index (χ0v) is 13.7. The molecule has 0 saturated carbocycles. The molecule has 2 aromatic rings. The highest BCUT2D eigenvalue weighted by Crippen LogP contribution is 2.33. The van der Waals surface area contributed by atoms with Crippen LogP contribution in [0.5, 0.6) is 0 Å². The third-order valence-corrected chi connectivity index (χ3v) is 5.60. The molecule has 7 heteroatoms. The lowest BCUT2D eigenvalue weighted by Gasteiger charge is -2.18.